The van der Waals surface area contributed by atoms with Crippen LogP contribution in [0.3, 0.4) is 0 Å². The average molecular weight is 366 g/mol. The number of likely N-dealkylation sites (N-methyl/N-ethyl adjacent to an activating group) is 1. The van der Waals surface area contributed by atoms with E-state index in [1.54, 1.807) is 4.57 Å². The highest BCUT2D eigenvalue weighted by Gasteiger charge is 2.45. The highest BCUT2D eigenvalue weighted by Crippen LogP contribution is 2.35. The zero-order valence-electron chi connectivity index (χ0n) is 14.3. The van der Waals surface area contributed by atoms with Gasteiger partial charge in [0.25, 0.3) is 5.56 Å². The van der Waals surface area contributed by atoms with Gasteiger partial charge in [-0.05, 0) is 7.05 Å². The van der Waals surface area contributed by atoms with E-state index in [1.807, 2.05) is 11.9 Å². The number of rotatable bonds is 3. The molecule has 2 aromatic heterocycles. The topological polar surface area (TPSA) is 140 Å². The Balaban J connectivity index is 1.83. The number of piperazine rings is 1. The summed E-state index contributed by atoms with van der Waals surface area (Å²) in [6.45, 7) is 2.59. The van der Waals surface area contributed by atoms with Crippen LogP contribution in [0.4, 0.5) is 5.95 Å². The predicted octanol–water partition coefficient (Wildman–Crippen LogP) is -2.52. The van der Waals surface area contributed by atoms with E-state index in [1.165, 1.54) is 6.33 Å². The highest BCUT2D eigenvalue weighted by molar-refractivity contribution is 5.74. The molecule has 2 saturated heterocycles. The first-order valence-corrected chi connectivity index (χ1v) is 8.53. The van der Waals surface area contributed by atoms with Gasteiger partial charge in [0.15, 0.2) is 17.4 Å². The molecule has 0 aromatic carbocycles. The average Bonchev–Trinajstić information content (AvgIpc) is 3.15. The van der Waals surface area contributed by atoms with Gasteiger partial charge in [0, 0.05) is 26.2 Å². The number of hydrogen-bond donors (Lipinski definition) is 4. The monoisotopic (exact) mass is 366 g/mol. The number of nitrogens with zero attached hydrogens (tertiary/aromatic N) is 5. The van der Waals surface area contributed by atoms with E-state index >= 15 is 0 Å². The Morgan fingerprint density at radius 3 is 2.65 bits per heavy atom. The molecular weight excluding hydrogens is 344 g/mol. The van der Waals surface area contributed by atoms with Crippen molar-refractivity contribution in [2.24, 2.45) is 0 Å². The Bertz CT molecular complexity index is 845. The SMILES string of the molecule is CN1CCN(c2nc3c(=O)[nH]cnc3n2[C@@H]2O[C@H](CO)[C@@H](O)[C@@H]2O)CC1. The Morgan fingerprint density at radius 1 is 1.27 bits per heavy atom. The van der Waals surface area contributed by atoms with Crippen molar-refractivity contribution >= 4 is 17.1 Å². The summed E-state index contributed by atoms with van der Waals surface area (Å²) >= 11 is 0. The summed E-state index contributed by atoms with van der Waals surface area (Å²) in [6.07, 6.45) is -3.19. The van der Waals surface area contributed by atoms with Crippen LogP contribution in [0.5, 0.6) is 0 Å². The molecule has 0 aliphatic carbocycles. The van der Waals surface area contributed by atoms with Crippen molar-refractivity contribution in [2.75, 3.05) is 44.7 Å². The third-order valence-corrected chi connectivity index (χ3v) is 5.02. The molecule has 0 saturated carbocycles. The lowest BCUT2D eigenvalue weighted by atomic mass is 10.1. The number of aliphatic hydroxyl groups is 3. The molecule has 4 rings (SSSR count). The first-order valence-electron chi connectivity index (χ1n) is 8.53. The van der Waals surface area contributed by atoms with Crippen LogP contribution in [0.1, 0.15) is 6.23 Å². The van der Waals surface area contributed by atoms with Crippen molar-refractivity contribution < 1.29 is 20.1 Å². The normalized spacial score (nSPS) is 30.4. The van der Waals surface area contributed by atoms with Gasteiger partial charge < -0.3 is 34.8 Å². The fourth-order valence-corrected chi connectivity index (χ4v) is 3.47. The summed E-state index contributed by atoms with van der Waals surface area (Å²) in [6, 6.07) is 0. The molecule has 4 N–H and O–H groups in total. The van der Waals surface area contributed by atoms with Gasteiger partial charge in [-0.2, -0.15) is 0 Å². The summed E-state index contributed by atoms with van der Waals surface area (Å²) in [5.74, 6) is 0.451. The van der Waals surface area contributed by atoms with E-state index in [2.05, 4.69) is 19.9 Å². The Labute approximate surface area is 148 Å². The quantitative estimate of drug-likeness (QED) is 0.463. The number of ether oxygens (including phenoxy) is 1. The number of imidazole rings is 1. The van der Waals surface area contributed by atoms with Gasteiger partial charge in [-0.3, -0.25) is 9.36 Å². The molecule has 2 aromatic rings. The second-order valence-corrected chi connectivity index (χ2v) is 6.70. The van der Waals surface area contributed by atoms with Gasteiger partial charge in [0.05, 0.1) is 12.9 Å². The van der Waals surface area contributed by atoms with Gasteiger partial charge in [0.1, 0.15) is 18.3 Å². The van der Waals surface area contributed by atoms with Gasteiger partial charge in [-0.15, -0.1) is 0 Å². The van der Waals surface area contributed by atoms with E-state index in [9.17, 15) is 20.1 Å². The molecule has 2 aliphatic rings. The summed E-state index contributed by atoms with van der Waals surface area (Å²) in [5, 5.41) is 29.9. The summed E-state index contributed by atoms with van der Waals surface area (Å²) in [7, 11) is 2.03. The second-order valence-electron chi connectivity index (χ2n) is 6.70. The minimum absolute atomic E-state index is 0.138. The van der Waals surface area contributed by atoms with E-state index in [0.29, 0.717) is 19.0 Å². The third kappa shape index (κ3) is 2.68. The van der Waals surface area contributed by atoms with Crippen molar-refractivity contribution in [3.05, 3.63) is 16.7 Å². The first kappa shape index (κ1) is 17.4. The standard InChI is InChI=1S/C15H22N6O5/c1-19-2-4-20(5-3-19)15-18-9-12(16-7-17-13(9)25)21(15)14-11(24)10(23)8(6-22)26-14/h7-8,10-11,14,22-24H,2-6H2,1H3,(H,16,17,25)/t8-,10-,11+,14-/m1/s1. The molecule has 2 aliphatic heterocycles. The molecule has 0 unspecified atom stereocenters. The van der Waals surface area contributed by atoms with Crippen LogP contribution >= 0.6 is 0 Å². The van der Waals surface area contributed by atoms with E-state index in [0.717, 1.165) is 13.1 Å². The molecule has 11 heteroatoms. The molecular formula is C15H22N6O5. The molecule has 11 nitrogen and oxygen atoms in total. The lowest BCUT2D eigenvalue weighted by Crippen LogP contribution is -2.46. The molecule has 0 bridgehead atoms. The smallest absolute Gasteiger partial charge is 0.278 e. The molecule has 2 fully saturated rings. The molecule has 0 radical (unpaired) electrons. The largest absolute Gasteiger partial charge is 0.394 e. The number of aromatic nitrogens is 4. The lowest BCUT2D eigenvalue weighted by molar-refractivity contribution is -0.0505. The zero-order valence-corrected chi connectivity index (χ0v) is 14.3. The zero-order chi connectivity index (χ0) is 18.4. The van der Waals surface area contributed by atoms with Crippen LogP contribution in [-0.4, -0.2) is 97.9 Å². The molecule has 0 amide bonds. The number of anilines is 1. The van der Waals surface area contributed by atoms with Crippen molar-refractivity contribution in [3.63, 3.8) is 0 Å². The van der Waals surface area contributed by atoms with Crippen LogP contribution in [-0.2, 0) is 4.74 Å². The number of H-pyrrole nitrogens is 1. The highest BCUT2D eigenvalue weighted by atomic mass is 16.6. The minimum Gasteiger partial charge on any atom is -0.394 e. The van der Waals surface area contributed by atoms with E-state index in [4.69, 9.17) is 4.74 Å². The minimum atomic E-state index is -1.28. The second kappa shape index (κ2) is 6.59. The number of aliphatic hydroxyl groups excluding tert-OH is 3. The Morgan fingerprint density at radius 2 is 2.00 bits per heavy atom. The van der Waals surface area contributed by atoms with Gasteiger partial charge in [-0.25, -0.2) is 9.97 Å². The summed E-state index contributed by atoms with van der Waals surface area (Å²) in [4.78, 5) is 27.5. The molecule has 0 spiro atoms. The van der Waals surface area contributed by atoms with Gasteiger partial charge in [-0.1, -0.05) is 0 Å². The van der Waals surface area contributed by atoms with Gasteiger partial charge in [0.2, 0.25) is 5.95 Å². The van der Waals surface area contributed by atoms with E-state index < -0.39 is 36.7 Å². The summed E-state index contributed by atoms with van der Waals surface area (Å²) in [5.41, 5.74) is 0.00700. The maximum absolute atomic E-state index is 12.2. The fourth-order valence-electron chi connectivity index (χ4n) is 3.47. The number of aromatic amines is 1. The number of hydrogen-bond acceptors (Lipinski definition) is 9. The number of fused-ring (bicyclic) bond motifs is 1. The molecule has 4 atom stereocenters. The third-order valence-electron chi connectivity index (χ3n) is 5.02. The molecule has 4 heterocycles. The van der Waals surface area contributed by atoms with Crippen LogP contribution in [0, 0.1) is 0 Å². The Kier molecular flexibility index (Phi) is 4.40. The maximum Gasteiger partial charge on any atom is 0.278 e. The van der Waals surface area contributed by atoms with Gasteiger partial charge >= 0.3 is 0 Å². The first-order chi connectivity index (χ1) is 12.5. The van der Waals surface area contributed by atoms with Crippen LogP contribution in [0.15, 0.2) is 11.1 Å². The predicted molar refractivity (Wildman–Crippen MR) is 90.9 cm³/mol. The van der Waals surface area contributed by atoms with Crippen molar-refractivity contribution in [1.82, 2.24) is 24.4 Å². The van der Waals surface area contributed by atoms with Crippen molar-refractivity contribution in [1.29, 1.82) is 0 Å². The summed E-state index contributed by atoms with van der Waals surface area (Å²) < 4.78 is 7.20. The number of nitrogens with one attached hydrogen (secondary N) is 1. The molecule has 142 valence electrons. The Hall–Kier alpha value is -2.05. The molecule has 26 heavy (non-hydrogen) atoms. The van der Waals surface area contributed by atoms with Crippen molar-refractivity contribution in [2.45, 2.75) is 24.5 Å². The van der Waals surface area contributed by atoms with E-state index in [-0.39, 0.29) is 11.2 Å². The maximum atomic E-state index is 12.2. The van der Waals surface area contributed by atoms with Crippen LogP contribution in [0.25, 0.3) is 11.2 Å². The fraction of sp³-hybridized carbons (Fsp3) is 0.667. The van der Waals surface area contributed by atoms with Crippen LogP contribution < -0.4 is 10.5 Å². The van der Waals surface area contributed by atoms with Crippen LogP contribution in [0.2, 0.25) is 0 Å². The van der Waals surface area contributed by atoms with Crippen molar-refractivity contribution in [3.8, 4) is 0 Å². The lowest BCUT2D eigenvalue weighted by Gasteiger charge is -2.34.